The molecule has 3 aromatic rings. The van der Waals surface area contributed by atoms with Gasteiger partial charge in [-0.25, -0.2) is 4.98 Å². The van der Waals surface area contributed by atoms with Crippen molar-refractivity contribution in [1.82, 2.24) is 10.3 Å². The van der Waals surface area contributed by atoms with Gasteiger partial charge < -0.3 is 29.4 Å². The van der Waals surface area contributed by atoms with Crippen molar-refractivity contribution in [3.8, 4) is 34.5 Å². The number of aromatic hydroxyl groups is 2. The second kappa shape index (κ2) is 9.33. The summed E-state index contributed by atoms with van der Waals surface area (Å²) in [6, 6.07) is 7.88. The predicted molar refractivity (Wildman–Crippen MR) is 105 cm³/mol. The van der Waals surface area contributed by atoms with Crippen LogP contribution in [0.5, 0.6) is 23.0 Å². The highest BCUT2D eigenvalue weighted by Gasteiger charge is 2.17. The Morgan fingerprint density at radius 3 is 2.61 bits per heavy atom. The van der Waals surface area contributed by atoms with Crippen LogP contribution in [0, 0.1) is 0 Å². The zero-order chi connectivity index (χ0) is 22.5. The topological polar surface area (TPSA) is 114 Å². The molecule has 0 aliphatic heterocycles. The van der Waals surface area contributed by atoms with Gasteiger partial charge >= 0.3 is 6.61 Å². The molecule has 3 rings (SSSR count). The van der Waals surface area contributed by atoms with Gasteiger partial charge in [-0.2, -0.15) is 8.78 Å². The van der Waals surface area contributed by atoms with Gasteiger partial charge in [0.1, 0.15) is 17.8 Å². The van der Waals surface area contributed by atoms with Gasteiger partial charge in [-0.15, -0.1) is 0 Å². The average Bonchev–Trinajstić information content (AvgIpc) is 3.17. The van der Waals surface area contributed by atoms with Crippen molar-refractivity contribution in [3.63, 3.8) is 0 Å². The molecule has 8 nitrogen and oxygen atoms in total. The minimum atomic E-state index is -3.00. The van der Waals surface area contributed by atoms with E-state index in [0.29, 0.717) is 11.3 Å². The van der Waals surface area contributed by atoms with Crippen LogP contribution in [0.25, 0.3) is 11.5 Å². The van der Waals surface area contributed by atoms with Crippen molar-refractivity contribution in [1.29, 1.82) is 0 Å². The van der Waals surface area contributed by atoms with Gasteiger partial charge in [-0.3, -0.25) is 4.79 Å². The second-order valence-electron chi connectivity index (χ2n) is 6.73. The van der Waals surface area contributed by atoms with Crippen LogP contribution in [-0.2, 0) is 6.54 Å². The molecule has 1 heterocycles. The molecule has 0 aliphatic rings. The van der Waals surface area contributed by atoms with Gasteiger partial charge in [-0.1, -0.05) is 0 Å². The summed E-state index contributed by atoms with van der Waals surface area (Å²) in [4.78, 5) is 16.5. The summed E-state index contributed by atoms with van der Waals surface area (Å²) in [5.41, 5.74) is 0.747. The van der Waals surface area contributed by atoms with E-state index >= 15 is 0 Å². The van der Waals surface area contributed by atoms with E-state index in [1.165, 1.54) is 36.6 Å². The van der Waals surface area contributed by atoms with Gasteiger partial charge in [-0.05, 0) is 50.2 Å². The molecule has 164 valence electrons. The minimum Gasteiger partial charge on any atom is -0.508 e. The number of hydrogen-bond acceptors (Lipinski definition) is 7. The van der Waals surface area contributed by atoms with E-state index in [4.69, 9.17) is 9.15 Å². The zero-order valence-corrected chi connectivity index (χ0v) is 16.6. The third kappa shape index (κ3) is 5.62. The Morgan fingerprint density at radius 1 is 1.13 bits per heavy atom. The zero-order valence-electron chi connectivity index (χ0n) is 16.6. The van der Waals surface area contributed by atoms with Crippen LogP contribution in [0.1, 0.15) is 29.9 Å². The molecule has 0 atom stereocenters. The molecule has 10 heteroatoms. The SMILES string of the molecule is CC(C)Oc1cc(-c2nc(CNC(=O)c3cc(O)ccc3O)co2)ccc1OC(F)F. The fraction of sp³-hybridized carbons (Fsp3) is 0.238. The lowest BCUT2D eigenvalue weighted by atomic mass is 10.1. The van der Waals surface area contributed by atoms with E-state index in [-0.39, 0.29) is 47.1 Å². The van der Waals surface area contributed by atoms with Gasteiger partial charge in [0, 0.05) is 5.56 Å². The number of hydrogen-bond donors (Lipinski definition) is 3. The van der Waals surface area contributed by atoms with Crippen molar-refractivity contribution in [2.24, 2.45) is 0 Å². The van der Waals surface area contributed by atoms with Crippen molar-refractivity contribution in [2.75, 3.05) is 0 Å². The number of oxazole rings is 1. The molecule has 1 amide bonds. The molecule has 0 spiro atoms. The molecule has 0 aliphatic carbocycles. The first-order valence-corrected chi connectivity index (χ1v) is 9.23. The number of nitrogens with zero attached hydrogens (tertiary/aromatic N) is 1. The van der Waals surface area contributed by atoms with Crippen molar-refractivity contribution in [3.05, 3.63) is 53.9 Å². The van der Waals surface area contributed by atoms with Crippen molar-refractivity contribution < 1.29 is 37.7 Å². The largest absolute Gasteiger partial charge is 0.508 e. The smallest absolute Gasteiger partial charge is 0.387 e. The van der Waals surface area contributed by atoms with Crippen LogP contribution in [-0.4, -0.2) is 33.8 Å². The molecule has 2 aromatic carbocycles. The monoisotopic (exact) mass is 434 g/mol. The summed E-state index contributed by atoms with van der Waals surface area (Å²) < 4.78 is 40.6. The van der Waals surface area contributed by atoms with E-state index in [0.717, 1.165) is 6.07 Å². The van der Waals surface area contributed by atoms with Gasteiger partial charge in [0.25, 0.3) is 5.91 Å². The highest BCUT2D eigenvalue weighted by Crippen LogP contribution is 2.34. The third-order valence-electron chi connectivity index (χ3n) is 3.98. The Labute approximate surface area is 176 Å². The Bertz CT molecular complexity index is 1070. The van der Waals surface area contributed by atoms with Crippen LogP contribution in [0.15, 0.2) is 47.1 Å². The lowest BCUT2D eigenvalue weighted by Crippen LogP contribution is -2.23. The normalized spacial score (nSPS) is 11.0. The fourth-order valence-corrected chi connectivity index (χ4v) is 2.67. The van der Waals surface area contributed by atoms with Crippen LogP contribution in [0.3, 0.4) is 0 Å². The number of ether oxygens (including phenoxy) is 2. The van der Waals surface area contributed by atoms with Gasteiger partial charge in [0.15, 0.2) is 11.5 Å². The Hall–Kier alpha value is -3.82. The fourth-order valence-electron chi connectivity index (χ4n) is 2.67. The minimum absolute atomic E-state index is 0.0145. The average molecular weight is 434 g/mol. The van der Waals surface area contributed by atoms with Crippen LogP contribution < -0.4 is 14.8 Å². The molecular formula is C21H20F2N2O6. The first-order valence-electron chi connectivity index (χ1n) is 9.23. The molecule has 0 radical (unpaired) electrons. The summed E-state index contributed by atoms with van der Waals surface area (Å²) >= 11 is 0. The van der Waals surface area contributed by atoms with E-state index in [9.17, 15) is 23.8 Å². The van der Waals surface area contributed by atoms with E-state index in [1.807, 2.05) is 0 Å². The molecule has 0 fully saturated rings. The highest BCUT2D eigenvalue weighted by molar-refractivity contribution is 5.97. The van der Waals surface area contributed by atoms with Crippen LogP contribution in [0.4, 0.5) is 8.78 Å². The van der Waals surface area contributed by atoms with E-state index in [1.54, 1.807) is 13.8 Å². The summed E-state index contributed by atoms with van der Waals surface area (Å²) in [7, 11) is 0. The molecule has 0 bridgehead atoms. The number of nitrogens with one attached hydrogen (secondary N) is 1. The Kier molecular flexibility index (Phi) is 6.58. The van der Waals surface area contributed by atoms with Crippen molar-refractivity contribution >= 4 is 5.91 Å². The molecule has 0 saturated carbocycles. The highest BCUT2D eigenvalue weighted by atomic mass is 19.3. The summed E-state index contributed by atoms with van der Waals surface area (Å²) in [6.07, 6.45) is 1.05. The Balaban J connectivity index is 1.74. The number of rotatable bonds is 8. The molecule has 3 N–H and O–H groups in total. The maximum absolute atomic E-state index is 12.6. The lowest BCUT2D eigenvalue weighted by Gasteiger charge is -2.15. The number of carbonyl (C=O) groups is 1. The maximum Gasteiger partial charge on any atom is 0.387 e. The lowest BCUT2D eigenvalue weighted by molar-refractivity contribution is -0.0518. The first kappa shape index (κ1) is 21.9. The third-order valence-corrected chi connectivity index (χ3v) is 3.98. The number of halogens is 2. The number of alkyl halides is 2. The standard InChI is InChI=1S/C21H20F2N2O6/c1-11(2)30-18-7-12(3-6-17(18)31-21(22)23)20-25-13(10-29-20)9-24-19(28)15-8-14(26)4-5-16(15)27/h3-8,10-11,21,26-27H,9H2,1-2H3,(H,24,28). The number of aromatic nitrogens is 1. The number of benzene rings is 2. The summed E-state index contributed by atoms with van der Waals surface area (Å²) in [5.74, 6) is -0.872. The van der Waals surface area contributed by atoms with Gasteiger partial charge in [0.2, 0.25) is 5.89 Å². The number of amides is 1. The number of phenols is 2. The van der Waals surface area contributed by atoms with E-state index in [2.05, 4.69) is 15.0 Å². The molecule has 0 unspecified atom stereocenters. The first-order chi connectivity index (χ1) is 14.7. The predicted octanol–water partition coefficient (Wildman–Crippen LogP) is 4.07. The number of phenolic OH excluding ortho intramolecular Hbond substituents is 2. The summed E-state index contributed by atoms with van der Waals surface area (Å²) in [5, 5.41) is 21.8. The quantitative estimate of drug-likeness (QED) is 0.458. The Morgan fingerprint density at radius 2 is 1.90 bits per heavy atom. The molecular weight excluding hydrogens is 414 g/mol. The number of carbonyl (C=O) groups excluding carboxylic acids is 1. The van der Waals surface area contributed by atoms with Crippen LogP contribution in [0.2, 0.25) is 0 Å². The second-order valence-corrected chi connectivity index (χ2v) is 6.73. The maximum atomic E-state index is 12.6. The van der Waals surface area contributed by atoms with Crippen molar-refractivity contribution in [2.45, 2.75) is 33.1 Å². The molecule has 0 saturated heterocycles. The van der Waals surface area contributed by atoms with Gasteiger partial charge in [0.05, 0.1) is 23.9 Å². The molecule has 31 heavy (non-hydrogen) atoms. The summed E-state index contributed by atoms with van der Waals surface area (Å²) in [6.45, 7) is 0.479. The van der Waals surface area contributed by atoms with E-state index < -0.39 is 12.5 Å². The molecule has 1 aromatic heterocycles. The van der Waals surface area contributed by atoms with Crippen LogP contribution >= 0.6 is 0 Å².